The number of amides is 2. The van der Waals surface area contributed by atoms with E-state index in [1.54, 1.807) is 18.2 Å². The quantitative estimate of drug-likeness (QED) is 0.856. The van der Waals surface area contributed by atoms with Crippen molar-refractivity contribution in [3.05, 3.63) is 60.2 Å². The molecule has 0 spiro atoms. The van der Waals surface area contributed by atoms with Gasteiger partial charge in [0, 0.05) is 6.08 Å². The molecule has 0 radical (unpaired) electrons. The molecular formula is C18H16N2O3. The molecule has 5 nitrogen and oxygen atoms in total. The van der Waals surface area contributed by atoms with Crippen molar-refractivity contribution in [2.45, 2.75) is 6.92 Å². The van der Waals surface area contributed by atoms with Crippen LogP contribution in [0.5, 0.6) is 5.75 Å². The molecule has 23 heavy (non-hydrogen) atoms. The molecule has 2 amide bonds. The van der Waals surface area contributed by atoms with Crippen LogP contribution < -0.4 is 15.4 Å². The molecule has 2 aromatic rings. The number of allylic oxidation sites excluding steroid dienone is 1. The fourth-order valence-corrected chi connectivity index (χ4v) is 2.36. The van der Waals surface area contributed by atoms with E-state index in [2.05, 4.69) is 10.6 Å². The predicted octanol–water partition coefficient (Wildman–Crippen LogP) is 3.06. The van der Waals surface area contributed by atoms with E-state index >= 15 is 0 Å². The summed E-state index contributed by atoms with van der Waals surface area (Å²) >= 11 is 0. The highest BCUT2D eigenvalue weighted by atomic mass is 16.5. The van der Waals surface area contributed by atoms with Crippen LogP contribution >= 0.6 is 0 Å². The van der Waals surface area contributed by atoms with Crippen molar-refractivity contribution in [3.63, 3.8) is 0 Å². The topological polar surface area (TPSA) is 67.4 Å². The molecule has 0 saturated carbocycles. The predicted molar refractivity (Wildman–Crippen MR) is 89.3 cm³/mol. The van der Waals surface area contributed by atoms with Gasteiger partial charge in [0.05, 0.1) is 11.4 Å². The molecular weight excluding hydrogens is 292 g/mol. The summed E-state index contributed by atoms with van der Waals surface area (Å²) in [4.78, 5) is 23.5. The minimum Gasteiger partial charge on any atom is -0.479 e. The van der Waals surface area contributed by atoms with Gasteiger partial charge in [-0.2, -0.15) is 0 Å². The maximum Gasteiger partial charge on any atom is 0.262 e. The van der Waals surface area contributed by atoms with Gasteiger partial charge in [-0.3, -0.25) is 9.59 Å². The second-order valence-electron chi connectivity index (χ2n) is 5.20. The average molecular weight is 308 g/mol. The van der Waals surface area contributed by atoms with E-state index in [0.29, 0.717) is 17.1 Å². The zero-order chi connectivity index (χ0) is 16.2. The molecule has 1 aliphatic rings. The molecule has 1 aliphatic heterocycles. The van der Waals surface area contributed by atoms with Gasteiger partial charge in [0.1, 0.15) is 0 Å². The van der Waals surface area contributed by atoms with Crippen LogP contribution in [-0.4, -0.2) is 18.4 Å². The maximum absolute atomic E-state index is 12.2. The lowest BCUT2D eigenvalue weighted by Gasteiger charge is -2.20. The van der Waals surface area contributed by atoms with Crippen LogP contribution in [0.1, 0.15) is 12.5 Å². The summed E-state index contributed by atoms with van der Waals surface area (Å²) < 4.78 is 5.41. The first-order valence-electron chi connectivity index (χ1n) is 7.24. The third-order valence-electron chi connectivity index (χ3n) is 3.47. The van der Waals surface area contributed by atoms with Crippen molar-refractivity contribution >= 4 is 28.8 Å². The van der Waals surface area contributed by atoms with Gasteiger partial charge in [-0.05, 0) is 30.2 Å². The van der Waals surface area contributed by atoms with Crippen molar-refractivity contribution in [2.75, 3.05) is 17.2 Å². The van der Waals surface area contributed by atoms with Crippen LogP contribution in [0.2, 0.25) is 0 Å². The monoisotopic (exact) mass is 308 g/mol. The second-order valence-corrected chi connectivity index (χ2v) is 5.20. The SMILES string of the molecule is C/C(=C\C(=O)Nc1cccc2c1OCC(=O)N2)c1ccccc1. The average Bonchev–Trinajstić information content (AvgIpc) is 2.55. The first-order chi connectivity index (χ1) is 11.1. The Hall–Kier alpha value is -3.08. The summed E-state index contributed by atoms with van der Waals surface area (Å²) in [6, 6.07) is 14.9. The van der Waals surface area contributed by atoms with Crippen LogP contribution in [-0.2, 0) is 9.59 Å². The number of para-hydroxylation sites is 1. The number of benzene rings is 2. The highest BCUT2D eigenvalue weighted by molar-refractivity contribution is 6.06. The number of ether oxygens (including phenoxy) is 1. The largest absolute Gasteiger partial charge is 0.479 e. The van der Waals surface area contributed by atoms with E-state index in [-0.39, 0.29) is 18.4 Å². The number of rotatable bonds is 3. The molecule has 2 aromatic carbocycles. The molecule has 0 fully saturated rings. The summed E-state index contributed by atoms with van der Waals surface area (Å²) in [5.74, 6) is 0.0206. The van der Waals surface area contributed by atoms with Crippen LogP contribution in [0, 0.1) is 0 Å². The number of hydrogen-bond donors (Lipinski definition) is 2. The Balaban J connectivity index is 1.79. The molecule has 0 aliphatic carbocycles. The van der Waals surface area contributed by atoms with Gasteiger partial charge < -0.3 is 15.4 Å². The Labute approximate surface area is 134 Å². The zero-order valence-electron chi connectivity index (χ0n) is 12.6. The number of carbonyl (C=O) groups is 2. The Bertz CT molecular complexity index is 782. The minimum atomic E-state index is -0.250. The van der Waals surface area contributed by atoms with Gasteiger partial charge in [0.2, 0.25) is 5.91 Å². The van der Waals surface area contributed by atoms with Gasteiger partial charge >= 0.3 is 0 Å². The number of carbonyl (C=O) groups excluding carboxylic acids is 2. The summed E-state index contributed by atoms with van der Waals surface area (Å²) in [5, 5.41) is 5.50. The number of nitrogens with one attached hydrogen (secondary N) is 2. The Morgan fingerprint density at radius 2 is 1.96 bits per heavy atom. The lowest BCUT2D eigenvalue weighted by Crippen LogP contribution is -2.26. The molecule has 1 heterocycles. The molecule has 0 saturated heterocycles. The molecule has 2 N–H and O–H groups in total. The van der Waals surface area contributed by atoms with Crippen LogP contribution in [0.25, 0.3) is 5.57 Å². The number of hydrogen-bond acceptors (Lipinski definition) is 3. The smallest absolute Gasteiger partial charge is 0.262 e. The Morgan fingerprint density at radius 1 is 1.17 bits per heavy atom. The molecule has 0 unspecified atom stereocenters. The molecule has 0 aromatic heterocycles. The molecule has 5 heteroatoms. The molecule has 0 bridgehead atoms. The van der Waals surface area contributed by atoms with Gasteiger partial charge in [-0.25, -0.2) is 0 Å². The first-order valence-corrected chi connectivity index (χ1v) is 7.24. The molecule has 116 valence electrons. The van der Waals surface area contributed by atoms with Crippen LogP contribution in [0.4, 0.5) is 11.4 Å². The lowest BCUT2D eigenvalue weighted by molar-refractivity contribution is -0.118. The number of fused-ring (bicyclic) bond motifs is 1. The standard InChI is InChI=1S/C18H16N2O3/c1-12(13-6-3-2-4-7-13)10-16(21)19-14-8-5-9-15-18(14)23-11-17(22)20-15/h2-10H,11H2,1H3,(H,19,21)(H,20,22)/b12-10+. The van der Waals surface area contributed by atoms with Crippen molar-refractivity contribution in [1.29, 1.82) is 0 Å². The van der Waals surface area contributed by atoms with E-state index in [1.807, 2.05) is 37.3 Å². The fraction of sp³-hybridized carbons (Fsp3) is 0.111. The number of anilines is 2. The highest BCUT2D eigenvalue weighted by Gasteiger charge is 2.19. The van der Waals surface area contributed by atoms with Crippen molar-refractivity contribution in [3.8, 4) is 5.75 Å². The van der Waals surface area contributed by atoms with Crippen molar-refractivity contribution in [1.82, 2.24) is 0 Å². The summed E-state index contributed by atoms with van der Waals surface area (Å²) in [6.07, 6.45) is 1.54. The molecule has 3 rings (SSSR count). The van der Waals surface area contributed by atoms with Crippen LogP contribution in [0.15, 0.2) is 54.6 Å². The van der Waals surface area contributed by atoms with E-state index < -0.39 is 0 Å². The van der Waals surface area contributed by atoms with Gasteiger partial charge in [-0.15, -0.1) is 0 Å². The summed E-state index contributed by atoms with van der Waals surface area (Å²) in [6.45, 7) is 1.82. The Morgan fingerprint density at radius 3 is 2.74 bits per heavy atom. The third kappa shape index (κ3) is 3.40. The zero-order valence-corrected chi connectivity index (χ0v) is 12.6. The minimum absolute atomic E-state index is 0.0568. The summed E-state index contributed by atoms with van der Waals surface area (Å²) in [7, 11) is 0. The summed E-state index contributed by atoms with van der Waals surface area (Å²) in [5.41, 5.74) is 2.94. The van der Waals surface area contributed by atoms with E-state index in [1.165, 1.54) is 6.08 Å². The fourth-order valence-electron chi connectivity index (χ4n) is 2.36. The first kappa shape index (κ1) is 14.8. The van der Waals surface area contributed by atoms with Crippen LogP contribution in [0.3, 0.4) is 0 Å². The van der Waals surface area contributed by atoms with E-state index in [9.17, 15) is 9.59 Å². The van der Waals surface area contributed by atoms with Gasteiger partial charge in [-0.1, -0.05) is 36.4 Å². The third-order valence-corrected chi connectivity index (χ3v) is 3.47. The van der Waals surface area contributed by atoms with Crippen molar-refractivity contribution < 1.29 is 14.3 Å². The Kier molecular flexibility index (Phi) is 4.10. The lowest BCUT2D eigenvalue weighted by atomic mass is 10.1. The van der Waals surface area contributed by atoms with Gasteiger partial charge in [0.15, 0.2) is 12.4 Å². The highest BCUT2D eigenvalue weighted by Crippen LogP contribution is 2.35. The van der Waals surface area contributed by atoms with Crippen molar-refractivity contribution in [2.24, 2.45) is 0 Å². The second kappa shape index (κ2) is 6.36. The van der Waals surface area contributed by atoms with E-state index in [4.69, 9.17) is 4.74 Å². The van der Waals surface area contributed by atoms with Gasteiger partial charge in [0.25, 0.3) is 5.91 Å². The molecule has 0 atom stereocenters. The maximum atomic E-state index is 12.2. The normalized spacial score (nSPS) is 13.6. The van der Waals surface area contributed by atoms with E-state index in [0.717, 1.165) is 11.1 Å².